The summed E-state index contributed by atoms with van der Waals surface area (Å²) in [5.41, 5.74) is 0. The maximum atomic E-state index is 13.5. The van der Waals surface area contributed by atoms with E-state index in [2.05, 4.69) is 36.6 Å². The second-order valence-electron chi connectivity index (χ2n) is 28.6. The molecule has 0 bridgehead atoms. The van der Waals surface area contributed by atoms with Crippen molar-refractivity contribution in [1.29, 1.82) is 0 Å². The molecule has 18 atom stereocenters. The molecule has 98 heavy (non-hydrogen) atoms. The first-order valence-electron chi connectivity index (χ1n) is 39.0. The number of carbonyl (C=O) groups excluding carboxylic acids is 2. The van der Waals surface area contributed by atoms with Crippen LogP contribution in [-0.4, -0.2) is 215 Å². The van der Waals surface area contributed by atoms with E-state index in [-0.39, 0.29) is 18.9 Å². The lowest BCUT2D eigenvalue weighted by atomic mass is 9.88. The first-order chi connectivity index (χ1) is 47.4. The zero-order chi connectivity index (χ0) is 71.8. The summed E-state index contributed by atoms with van der Waals surface area (Å²) in [6.07, 6.45) is 27.8. The van der Waals surface area contributed by atoms with E-state index in [0.29, 0.717) is 19.3 Å². The van der Waals surface area contributed by atoms with Gasteiger partial charge >= 0.3 is 5.97 Å². The summed E-state index contributed by atoms with van der Waals surface area (Å²) < 4.78 is 34.9. The largest absolute Gasteiger partial charge is 0.477 e. The molecule has 23 nitrogen and oxygen atoms in total. The quantitative estimate of drug-likeness (QED) is 0.0199. The van der Waals surface area contributed by atoms with E-state index in [1.54, 1.807) is 0 Å². The van der Waals surface area contributed by atoms with Crippen molar-refractivity contribution in [3.05, 3.63) is 12.2 Å². The summed E-state index contributed by atoms with van der Waals surface area (Å²) in [5.74, 6) is -6.09. The lowest BCUT2D eigenvalue weighted by Crippen LogP contribution is -2.70. The first kappa shape index (κ1) is 89.7. The fourth-order valence-corrected chi connectivity index (χ4v) is 13.8. The van der Waals surface area contributed by atoms with E-state index in [9.17, 15) is 75.7 Å². The number of hydrogen-bond donors (Lipinski definition) is 14. The third-order valence-corrected chi connectivity index (χ3v) is 20.0. The van der Waals surface area contributed by atoms with Gasteiger partial charge in [0.25, 0.3) is 5.79 Å². The van der Waals surface area contributed by atoms with Crippen LogP contribution in [0.4, 0.5) is 0 Å². The molecule has 23 heteroatoms. The van der Waals surface area contributed by atoms with E-state index in [1.807, 2.05) is 0 Å². The molecule has 0 saturated carbocycles. The molecule has 2 amide bonds. The Morgan fingerprint density at radius 1 is 0.520 bits per heavy atom. The zero-order valence-electron chi connectivity index (χ0n) is 60.7. The highest BCUT2D eigenvalue weighted by Crippen LogP contribution is 2.39. The number of nitrogens with one attached hydrogen (secondary N) is 2. The first-order valence-corrected chi connectivity index (χ1v) is 39.0. The summed E-state index contributed by atoms with van der Waals surface area (Å²) >= 11 is 0. The number of hydrogen-bond acceptors (Lipinski definition) is 20. The van der Waals surface area contributed by atoms with Crippen molar-refractivity contribution in [3.63, 3.8) is 0 Å². The molecular weight excluding hydrogens is 1260 g/mol. The van der Waals surface area contributed by atoms with Gasteiger partial charge in [-0.05, 0) is 38.5 Å². The van der Waals surface area contributed by atoms with E-state index in [4.69, 9.17) is 28.4 Å². The third kappa shape index (κ3) is 35.8. The second kappa shape index (κ2) is 55.0. The van der Waals surface area contributed by atoms with Gasteiger partial charge in [0, 0.05) is 19.8 Å². The van der Waals surface area contributed by atoms with Gasteiger partial charge in [-0.1, -0.05) is 264 Å². The lowest BCUT2D eigenvalue weighted by molar-refractivity contribution is -0.386. The van der Waals surface area contributed by atoms with Gasteiger partial charge in [0.05, 0.1) is 50.7 Å². The average molecular weight is 1410 g/mol. The predicted octanol–water partition coefficient (Wildman–Crippen LogP) is 9.41. The molecule has 0 spiro atoms. The van der Waals surface area contributed by atoms with E-state index >= 15 is 0 Å². The molecule has 18 unspecified atom stereocenters. The van der Waals surface area contributed by atoms with Gasteiger partial charge in [0.15, 0.2) is 12.6 Å². The van der Waals surface area contributed by atoms with Gasteiger partial charge in [-0.3, -0.25) is 9.59 Å². The third-order valence-electron chi connectivity index (χ3n) is 20.0. The Morgan fingerprint density at radius 2 is 0.949 bits per heavy atom. The highest BCUT2D eigenvalue weighted by Gasteiger charge is 2.60. The van der Waals surface area contributed by atoms with Gasteiger partial charge < -0.3 is 100 Å². The fourth-order valence-electron chi connectivity index (χ4n) is 13.8. The molecule has 3 rings (SSSR count). The molecular formula is C75H140N2O21. The van der Waals surface area contributed by atoms with Gasteiger partial charge in [-0.25, -0.2) is 4.79 Å². The van der Waals surface area contributed by atoms with Crippen molar-refractivity contribution in [1.82, 2.24) is 10.6 Å². The molecule has 3 saturated heterocycles. The zero-order valence-corrected chi connectivity index (χ0v) is 60.7. The standard InChI is InChI=1S/C75H140N2O21/c1-4-6-8-10-12-14-16-18-20-22-23-24-25-26-27-28-29-30-31-33-35-37-39-41-43-45-47-49-62(85)77-56(57(82)48-46-44-42-40-38-36-34-32-21-19-17-15-13-11-9-7-5-2)54-93-72-67(89)66(88)69(61(53-80)95-72)96-73-68(90)71(65(87)60(52-79)94-73)98-75(74(91)92)50-58(83)63(76-55(3)81)70(97-75)64(86)59(84)51-78/h26-27,56-61,63-73,78-80,82-84,86-90H,4-25,28-54H2,1-3H3,(H,76,81)(H,77,85)(H,91,92)/b27-26-. The molecule has 576 valence electrons. The van der Waals surface area contributed by atoms with Crippen molar-refractivity contribution in [2.45, 2.75) is 420 Å². The van der Waals surface area contributed by atoms with Crippen molar-refractivity contribution < 1.29 is 104 Å². The van der Waals surface area contributed by atoms with Crippen LogP contribution in [-0.2, 0) is 42.8 Å². The number of carboxylic acids is 1. The Bertz CT molecular complexity index is 2010. The van der Waals surface area contributed by atoms with Gasteiger partial charge in [0.2, 0.25) is 11.8 Å². The van der Waals surface area contributed by atoms with Crippen molar-refractivity contribution in [2.24, 2.45) is 0 Å². The summed E-state index contributed by atoms with van der Waals surface area (Å²) in [6, 6.07) is -2.53. The number of ether oxygens (including phenoxy) is 6. The Kier molecular flexibility index (Phi) is 50.4. The normalized spacial score (nSPS) is 27.3. The van der Waals surface area contributed by atoms with E-state index in [1.165, 1.54) is 205 Å². The number of allylic oxidation sites excluding steroid dienone is 2. The van der Waals surface area contributed by atoms with Crippen LogP contribution >= 0.6 is 0 Å². The Hall–Kier alpha value is -2.53. The van der Waals surface area contributed by atoms with Gasteiger partial charge in [0.1, 0.15) is 67.1 Å². The monoisotopic (exact) mass is 1400 g/mol. The minimum atomic E-state index is -3.08. The minimum Gasteiger partial charge on any atom is -0.477 e. The van der Waals surface area contributed by atoms with Crippen molar-refractivity contribution in [2.75, 3.05) is 26.4 Å². The maximum Gasteiger partial charge on any atom is 0.364 e. The molecule has 3 aliphatic heterocycles. The van der Waals surface area contributed by atoms with Crippen LogP contribution in [0.3, 0.4) is 0 Å². The highest BCUT2D eigenvalue weighted by molar-refractivity contribution is 5.77. The summed E-state index contributed by atoms with van der Waals surface area (Å²) in [6.45, 7) is 2.25. The van der Waals surface area contributed by atoms with Crippen LogP contribution in [0.2, 0.25) is 0 Å². The van der Waals surface area contributed by atoms with Crippen LogP contribution in [0.25, 0.3) is 0 Å². The number of amides is 2. The van der Waals surface area contributed by atoms with Crippen LogP contribution in [0.5, 0.6) is 0 Å². The molecule has 0 aliphatic carbocycles. The van der Waals surface area contributed by atoms with Crippen LogP contribution in [0.15, 0.2) is 12.2 Å². The number of rotatable bonds is 61. The molecule has 0 aromatic heterocycles. The number of aliphatic hydroxyl groups excluding tert-OH is 11. The van der Waals surface area contributed by atoms with Crippen molar-refractivity contribution >= 4 is 17.8 Å². The van der Waals surface area contributed by atoms with E-state index < -0.39 is 148 Å². The molecule has 3 heterocycles. The molecule has 14 N–H and O–H groups in total. The summed E-state index contributed by atoms with van der Waals surface area (Å²) in [4.78, 5) is 38.7. The molecule has 3 fully saturated rings. The topological polar surface area (TPSA) is 373 Å². The Morgan fingerprint density at radius 3 is 1.38 bits per heavy atom. The van der Waals surface area contributed by atoms with Crippen LogP contribution in [0.1, 0.15) is 310 Å². The van der Waals surface area contributed by atoms with E-state index in [0.717, 1.165) is 58.3 Å². The van der Waals surface area contributed by atoms with Gasteiger partial charge in [-0.15, -0.1) is 0 Å². The number of carboxylic acid groups (broad SMARTS) is 1. The Labute approximate surface area is 588 Å². The predicted molar refractivity (Wildman–Crippen MR) is 375 cm³/mol. The fraction of sp³-hybridized carbons (Fsp3) is 0.933. The number of aliphatic hydroxyl groups is 11. The minimum absolute atomic E-state index is 0.225. The highest BCUT2D eigenvalue weighted by atomic mass is 16.8. The maximum absolute atomic E-state index is 13.5. The SMILES string of the molecule is CCCCCCCCCCCCCC/C=C\CCCCCCCCCCCCCC(=O)NC(COC1OC(CO)C(OC2OC(CO)C(O)C(OC3(C(=O)O)CC(O)C(NC(C)=O)C(C(O)C(O)CO)O3)C2O)C(O)C1O)C(O)CCCCCCCCCCCCCCCCCCC. The van der Waals surface area contributed by atoms with Crippen LogP contribution in [0, 0.1) is 0 Å². The molecule has 0 radical (unpaired) electrons. The summed E-state index contributed by atoms with van der Waals surface area (Å²) in [5, 5.41) is 136. The number of aliphatic carboxylic acids is 1. The lowest BCUT2D eigenvalue weighted by Gasteiger charge is -2.50. The number of unbranched alkanes of at least 4 members (excludes halogenated alkanes) is 39. The average Bonchev–Trinajstić information content (AvgIpc) is 0.756. The number of carbonyl (C=O) groups is 3. The van der Waals surface area contributed by atoms with Crippen molar-refractivity contribution in [3.8, 4) is 0 Å². The summed E-state index contributed by atoms with van der Waals surface area (Å²) in [7, 11) is 0. The second-order valence-corrected chi connectivity index (χ2v) is 28.6. The molecule has 3 aliphatic rings. The van der Waals surface area contributed by atoms with Crippen LogP contribution < -0.4 is 10.6 Å². The molecule has 0 aromatic carbocycles. The molecule has 0 aromatic rings. The Balaban J connectivity index is 1.51. The smallest absolute Gasteiger partial charge is 0.364 e. The van der Waals surface area contributed by atoms with Gasteiger partial charge in [-0.2, -0.15) is 0 Å².